The van der Waals surface area contributed by atoms with Crippen LogP contribution in [0.2, 0.25) is 0 Å². The van der Waals surface area contributed by atoms with E-state index in [0.717, 1.165) is 5.56 Å². The first-order valence-corrected chi connectivity index (χ1v) is 6.61. The zero-order valence-electron chi connectivity index (χ0n) is 11.3. The number of aromatic amines is 1. The number of carbonyl (C=O) groups excluding carboxylic acids is 1. The number of aromatic nitrogens is 1. The van der Waals surface area contributed by atoms with Crippen LogP contribution in [0.25, 0.3) is 10.8 Å². The molecule has 0 radical (unpaired) electrons. The minimum absolute atomic E-state index is 0.00272. The Balaban J connectivity index is 1.88. The van der Waals surface area contributed by atoms with Gasteiger partial charge in [-0.25, -0.2) is 0 Å². The largest absolute Gasteiger partial charge is 0.357 e. The zero-order chi connectivity index (χ0) is 13.9. The Morgan fingerprint density at radius 2 is 1.85 bits per heavy atom. The third-order valence-corrected chi connectivity index (χ3v) is 3.46. The number of fused-ring (bicyclic) bond motifs is 1. The van der Waals surface area contributed by atoms with E-state index in [1.54, 1.807) is 17.2 Å². The summed E-state index contributed by atoms with van der Waals surface area (Å²) in [4.78, 5) is 16.9. The van der Waals surface area contributed by atoms with Crippen LogP contribution in [0.15, 0.2) is 60.8 Å². The van der Waals surface area contributed by atoms with Crippen molar-refractivity contribution in [3.8, 4) is 0 Å². The molecule has 100 valence electrons. The van der Waals surface area contributed by atoms with Gasteiger partial charge in [-0.15, -0.1) is 0 Å². The summed E-state index contributed by atoms with van der Waals surface area (Å²) in [5.41, 5.74) is 1.78. The lowest BCUT2D eigenvalue weighted by Crippen LogP contribution is -2.26. The predicted octanol–water partition coefficient (Wildman–Crippen LogP) is 3.44. The first kappa shape index (κ1) is 12.5. The summed E-state index contributed by atoms with van der Waals surface area (Å²) in [5, 5.41) is 2.40. The monoisotopic (exact) mass is 264 g/mol. The molecule has 0 atom stereocenters. The fourth-order valence-electron chi connectivity index (χ4n) is 2.43. The summed E-state index contributed by atoms with van der Waals surface area (Å²) in [6, 6.07) is 18.1. The van der Waals surface area contributed by atoms with Gasteiger partial charge in [0.2, 0.25) is 0 Å². The molecule has 0 bridgehead atoms. The standard InChI is InChI=1S/C17H16N2O/c1-19(17(20)16-10-5-11-18-16)12-14-8-4-7-13-6-2-3-9-15(13)14/h2-11,18H,12H2,1H3. The summed E-state index contributed by atoms with van der Waals surface area (Å²) >= 11 is 0. The van der Waals surface area contributed by atoms with Crippen LogP contribution in [-0.2, 0) is 6.54 Å². The second-order valence-corrected chi connectivity index (χ2v) is 4.88. The van der Waals surface area contributed by atoms with E-state index in [1.807, 2.05) is 31.3 Å². The molecule has 0 aliphatic rings. The summed E-state index contributed by atoms with van der Waals surface area (Å²) < 4.78 is 0. The maximum atomic E-state index is 12.2. The molecule has 0 aliphatic heterocycles. The van der Waals surface area contributed by atoms with Crippen molar-refractivity contribution in [3.05, 3.63) is 72.1 Å². The van der Waals surface area contributed by atoms with Gasteiger partial charge in [0.25, 0.3) is 5.91 Å². The van der Waals surface area contributed by atoms with E-state index >= 15 is 0 Å². The van der Waals surface area contributed by atoms with E-state index in [-0.39, 0.29) is 5.91 Å². The highest BCUT2D eigenvalue weighted by Gasteiger charge is 2.13. The molecule has 1 heterocycles. The molecular formula is C17H16N2O. The van der Waals surface area contributed by atoms with E-state index in [4.69, 9.17) is 0 Å². The second-order valence-electron chi connectivity index (χ2n) is 4.88. The van der Waals surface area contributed by atoms with Crippen molar-refractivity contribution in [2.45, 2.75) is 6.54 Å². The van der Waals surface area contributed by atoms with E-state index < -0.39 is 0 Å². The topological polar surface area (TPSA) is 36.1 Å². The first-order valence-electron chi connectivity index (χ1n) is 6.61. The normalized spacial score (nSPS) is 10.7. The smallest absolute Gasteiger partial charge is 0.270 e. The van der Waals surface area contributed by atoms with Gasteiger partial charge in [0.05, 0.1) is 0 Å². The van der Waals surface area contributed by atoms with Gasteiger partial charge < -0.3 is 9.88 Å². The number of benzene rings is 2. The lowest BCUT2D eigenvalue weighted by atomic mass is 10.0. The average Bonchev–Trinajstić information content (AvgIpc) is 3.01. The minimum atomic E-state index is 0.00272. The number of rotatable bonds is 3. The number of hydrogen-bond acceptors (Lipinski definition) is 1. The second kappa shape index (κ2) is 5.21. The Bertz CT molecular complexity index is 726. The highest BCUT2D eigenvalue weighted by molar-refractivity contribution is 5.92. The van der Waals surface area contributed by atoms with Gasteiger partial charge in [0, 0.05) is 19.8 Å². The number of amides is 1. The molecule has 3 heteroatoms. The van der Waals surface area contributed by atoms with Crippen molar-refractivity contribution in [1.82, 2.24) is 9.88 Å². The molecule has 1 amide bonds. The maximum absolute atomic E-state index is 12.2. The van der Waals surface area contributed by atoms with Crippen LogP contribution in [0, 0.1) is 0 Å². The quantitative estimate of drug-likeness (QED) is 0.773. The summed E-state index contributed by atoms with van der Waals surface area (Å²) in [7, 11) is 1.82. The van der Waals surface area contributed by atoms with Gasteiger partial charge in [-0.05, 0) is 28.5 Å². The van der Waals surface area contributed by atoms with E-state index in [9.17, 15) is 4.79 Å². The van der Waals surface area contributed by atoms with Crippen molar-refractivity contribution in [3.63, 3.8) is 0 Å². The fourth-order valence-corrected chi connectivity index (χ4v) is 2.43. The molecular weight excluding hydrogens is 248 g/mol. The third-order valence-electron chi connectivity index (χ3n) is 3.46. The molecule has 0 aliphatic carbocycles. The number of H-pyrrole nitrogens is 1. The van der Waals surface area contributed by atoms with Crippen LogP contribution >= 0.6 is 0 Å². The van der Waals surface area contributed by atoms with Gasteiger partial charge in [0.1, 0.15) is 5.69 Å². The van der Waals surface area contributed by atoms with Crippen molar-refractivity contribution in [2.75, 3.05) is 7.05 Å². The molecule has 0 fully saturated rings. The van der Waals surface area contributed by atoms with Gasteiger partial charge >= 0.3 is 0 Å². The minimum Gasteiger partial charge on any atom is -0.357 e. The zero-order valence-corrected chi connectivity index (χ0v) is 11.3. The Morgan fingerprint density at radius 3 is 2.65 bits per heavy atom. The Hall–Kier alpha value is -2.55. The number of carbonyl (C=O) groups is 1. The van der Waals surface area contributed by atoms with Crippen molar-refractivity contribution in [1.29, 1.82) is 0 Å². The van der Waals surface area contributed by atoms with Crippen molar-refractivity contribution < 1.29 is 4.79 Å². The highest BCUT2D eigenvalue weighted by Crippen LogP contribution is 2.20. The summed E-state index contributed by atoms with van der Waals surface area (Å²) in [5.74, 6) is 0.00272. The van der Waals surface area contributed by atoms with Gasteiger partial charge in [-0.1, -0.05) is 42.5 Å². The molecule has 0 saturated carbocycles. The molecule has 0 spiro atoms. The third kappa shape index (κ3) is 2.30. The molecule has 1 N–H and O–H groups in total. The van der Waals surface area contributed by atoms with Gasteiger partial charge in [-0.2, -0.15) is 0 Å². The van der Waals surface area contributed by atoms with E-state index in [2.05, 4.69) is 29.2 Å². The van der Waals surface area contributed by atoms with E-state index in [1.165, 1.54) is 10.8 Å². The number of nitrogens with zero attached hydrogens (tertiary/aromatic N) is 1. The molecule has 0 saturated heterocycles. The fraction of sp³-hybridized carbons (Fsp3) is 0.118. The van der Waals surface area contributed by atoms with Crippen molar-refractivity contribution >= 4 is 16.7 Å². The molecule has 20 heavy (non-hydrogen) atoms. The van der Waals surface area contributed by atoms with Crippen LogP contribution < -0.4 is 0 Å². The number of hydrogen-bond donors (Lipinski definition) is 1. The van der Waals surface area contributed by atoms with Crippen molar-refractivity contribution in [2.24, 2.45) is 0 Å². The highest BCUT2D eigenvalue weighted by atomic mass is 16.2. The Morgan fingerprint density at radius 1 is 1.05 bits per heavy atom. The average molecular weight is 264 g/mol. The van der Waals surface area contributed by atoms with Crippen LogP contribution in [0.1, 0.15) is 16.1 Å². The summed E-state index contributed by atoms with van der Waals surface area (Å²) in [6.45, 7) is 0.596. The predicted molar refractivity (Wildman–Crippen MR) is 80.5 cm³/mol. The van der Waals surface area contributed by atoms with Gasteiger partial charge in [0.15, 0.2) is 0 Å². The molecule has 2 aromatic carbocycles. The lowest BCUT2D eigenvalue weighted by Gasteiger charge is -2.17. The van der Waals surface area contributed by atoms with Crippen LogP contribution in [0.3, 0.4) is 0 Å². The molecule has 3 aromatic rings. The van der Waals surface area contributed by atoms with Crippen LogP contribution in [0.4, 0.5) is 0 Å². The first-order chi connectivity index (χ1) is 9.75. The summed E-state index contributed by atoms with van der Waals surface area (Å²) in [6.07, 6.45) is 1.76. The molecule has 3 nitrogen and oxygen atoms in total. The molecule has 3 rings (SSSR count). The van der Waals surface area contributed by atoms with E-state index in [0.29, 0.717) is 12.2 Å². The van der Waals surface area contributed by atoms with Crippen LogP contribution in [0.5, 0.6) is 0 Å². The molecule has 0 unspecified atom stereocenters. The Kier molecular flexibility index (Phi) is 3.25. The SMILES string of the molecule is CN(Cc1cccc2ccccc12)C(=O)c1ccc[nH]1. The van der Waals surface area contributed by atoms with Crippen LogP contribution in [-0.4, -0.2) is 22.8 Å². The Labute approximate surface area is 117 Å². The number of nitrogens with one attached hydrogen (secondary N) is 1. The van der Waals surface area contributed by atoms with Gasteiger partial charge in [-0.3, -0.25) is 4.79 Å². The lowest BCUT2D eigenvalue weighted by molar-refractivity contribution is 0.0780. The molecule has 1 aromatic heterocycles. The maximum Gasteiger partial charge on any atom is 0.270 e.